The van der Waals surface area contributed by atoms with E-state index in [1.54, 1.807) is 41.8 Å². The molecule has 3 heterocycles. The molecule has 7 nitrogen and oxygen atoms in total. The van der Waals surface area contributed by atoms with Gasteiger partial charge in [0.2, 0.25) is 5.91 Å². The molecule has 0 aliphatic heterocycles. The molecule has 1 atom stereocenters. The van der Waals surface area contributed by atoms with Crippen LogP contribution < -0.4 is 11.0 Å². The number of rotatable bonds is 5. The SMILES string of the molecule is CC(Sc1nc(-c2cccs2)cc(C(F)(F)F)c1C#N)C(=O)Nc1ccc2[nH]c(=O)[nH]c2c1. The molecule has 0 fully saturated rings. The highest BCUT2D eigenvalue weighted by Crippen LogP contribution is 2.39. The maximum Gasteiger partial charge on any atom is 0.417 e. The van der Waals surface area contributed by atoms with Gasteiger partial charge in [0.05, 0.1) is 38.0 Å². The first-order valence-corrected chi connectivity index (χ1v) is 11.2. The van der Waals surface area contributed by atoms with Crippen molar-refractivity contribution >= 4 is 45.7 Å². The van der Waals surface area contributed by atoms with Crippen LogP contribution in [-0.2, 0) is 11.0 Å². The molecule has 0 aliphatic carbocycles. The molecule has 168 valence electrons. The quantitative estimate of drug-likeness (QED) is 0.342. The summed E-state index contributed by atoms with van der Waals surface area (Å²) >= 11 is 1.98. The van der Waals surface area contributed by atoms with Gasteiger partial charge in [-0.15, -0.1) is 11.3 Å². The number of halogens is 3. The zero-order valence-electron chi connectivity index (χ0n) is 16.8. The smallest absolute Gasteiger partial charge is 0.325 e. The number of carbonyl (C=O) groups excluding carboxylic acids is 1. The fourth-order valence-corrected chi connectivity index (χ4v) is 4.68. The van der Waals surface area contributed by atoms with Crippen LogP contribution in [0.25, 0.3) is 21.6 Å². The Bertz CT molecular complexity index is 1440. The van der Waals surface area contributed by atoms with Crippen LogP contribution in [0.5, 0.6) is 0 Å². The normalized spacial score (nSPS) is 12.5. The fourth-order valence-electron chi connectivity index (χ4n) is 3.06. The van der Waals surface area contributed by atoms with Gasteiger partial charge in [0.25, 0.3) is 0 Å². The van der Waals surface area contributed by atoms with Crippen LogP contribution in [0.1, 0.15) is 18.1 Å². The summed E-state index contributed by atoms with van der Waals surface area (Å²) in [5.74, 6) is -0.502. The fraction of sp³-hybridized carbons (Fsp3) is 0.143. The van der Waals surface area contributed by atoms with E-state index < -0.39 is 34.2 Å². The number of aromatic nitrogens is 3. The number of benzene rings is 1. The van der Waals surface area contributed by atoms with Gasteiger partial charge in [-0.3, -0.25) is 4.79 Å². The van der Waals surface area contributed by atoms with Gasteiger partial charge in [0, 0.05) is 5.69 Å². The summed E-state index contributed by atoms with van der Waals surface area (Å²) in [7, 11) is 0. The summed E-state index contributed by atoms with van der Waals surface area (Å²) in [6.45, 7) is 1.50. The molecule has 0 spiro atoms. The number of thiophene rings is 1. The van der Waals surface area contributed by atoms with Gasteiger partial charge in [0.1, 0.15) is 11.1 Å². The van der Waals surface area contributed by atoms with Crippen molar-refractivity contribution in [3.05, 3.63) is 63.4 Å². The van der Waals surface area contributed by atoms with Gasteiger partial charge >= 0.3 is 11.9 Å². The first-order chi connectivity index (χ1) is 15.7. The number of thioether (sulfide) groups is 1. The molecule has 3 N–H and O–H groups in total. The van der Waals surface area contributed by atoms with Crippen molar-refractivity contribution in [1.82, 2.24) is 15.0 Å². The third-order valence-corrected chi connectivity index (χ3v) is 6.60. The van der Waals surface area contributed by atoms with Crippen molar-refractivity contribution in [2.75, 3.05) is 5.32 Å². The molecule has 0 saturated heterocycles. The van der Waals surface area contributed by atoms with E-state index in [4.69, 9.17) is 0 Å². The number of hydrogen-bond donors (Lipinski definition) is 3. The number of nitrogens with one attached hydrogen (secondary N) is 3. The predicted molar refractivity (Wildman–Crippen MR) is 120 cm³/mol. The molecule has 4 aromatic rings. The third-order valence-electron chi connectivity index (χ3n) is 4.62. The molecule has 0 bridgehead atoms. The number of anilines is 1. The maximum atomic E-state index is 13.7. The van der Waals surface area contributed by atoms with Crippen molar-refractivity contribution < 1.29 is 18.0 Å². The molecule has 12 heteroatoms. The first kappa shape index (κ1) is 22.6. The number of aromatic amines is 2. The number of nitriles is 1. The molecule has 1 aromatic carbocycles. The number of fused-ring (bicyclic) bond motifs is 1. The second-order valence-electron chi connectivity index (χ2n) is 6.91. The van der Waals surface area contributed by atoms with Crippen LogP contribution in [0.2, 0.25) is 0 Å². The van der Waals surface area contributed by atoms with Crippen LogP contribution in [0.3, 0.4) is 0 Å². The van der Waals surface area contributed by atoms with E-state index in [1.165, 1.54) is 18.3 Å². The average molecular weight is 490 g/mol. The summed E-state index contributed by atoms with van der Waals surface area (Å²) < 4.78 is 41.0. The number of alkyl halides is 3. The van der Waals surface area contributed by atoms with E-state index in [9.17, 15) is 28.0 Å². The molecule has 4 rings (SSSR count). The Kier molecular flexibility index (Phi) is 6.01. The topological polar surface area (TPSA) is 114 Å². The lowest BCUT2D eigenvalue weighted by Crippen LogP contribution is -2.23. The van der Waals surface area contributed by atoms with Crippen LogP contribution in [-0.4, -0.2) is 26.1 Å². The summed E-state index contributed by atoms with van der Waals surface area (Å²) in [6.07, 6.45) is -4.76. The van der Waals surface area contributed by atoms with Crippen molar-refractivity contribution in [3.8, 4) is 16.6 Å². The Morgan fingerprint density at radius 2 is 2.00 bits per heavy atom. The predicted octanol–water partition coefficient (Wildman–Crippen LogP) is 4.99. The number of carbonyl (C=O) groups is 1. The molecule has 0 aliphatic rings. The number of amides is 1. The highest BCUT2D eigenvalue weighted by molar-refractivity contribution is 8.00. The van der Waals surface area contributed by atoms with Crippen molar-refractivity contribution in [2.45, 2.75) is 23.4 Å². The van der Waals surface area contributed by atoms with Gasteiger partial charge in [-0.1, -0.05) is 17.8 Å². The molecule has 1 unspecified atom stereocenters. The van der Waals surface area contributed by atoms with E-state index in [-0.39, 0.29) is 10.7 Å². The Morgan fingerprint density at radius 3 is 2.67 bits per heavy atom. The van der Waals surface area contributed by atoms with Gasteiger partial charge in [-0.25, -0.2) is 9.78 Å². The van der Waals surface area contributed by atoms with Crippen molar-refractivity contribution in [2.24, 2.45) is 0 Å². The Labute approximate surface area is 192 Å². The molecule has 3 aromatic heterocycles. The number of nitrogens with zero attached hydrogens (tertiary/aromatic N) is 2. The lowest BCUT2D eigenvalue weighted by Gasteiger charge is -2.16. The van der Waals surface area contributed by atoms with Gasteiger partial charge < -0.3 is 15.3 Å². The van der Waals surface area contributed by atoms with Crippen molar-refractivity contribution in [3.63, 3.8) is 0 Å². The molecule has 0 radical (unpaired) electrons. The highest BCUT2D eigenvalue weighted by Gasteiger charge is 2.36. The summed E-state index contributed by atoms with van der Waals surface area (Å²) in [6, 6.07) is 10.5. The van der Waals surface area contributed by atoms with E-state index in [2.05, 4.69) is 20.3 Å². The monoisotopic (exact) mass is 489 g/mol. The van der Waals surface area contributed by atoms with Gasteiger partial charge in [0.15, 0.2) is 0 Å². The Balaban J connectivity index is 1.63. The average Bonchev–Trinajstić information content (AvgIpc) is 3.41. The van der Waals surface area contributed by atoms with Crippen molar-refractivity contribution in [1.29, 1.82) is 5.26 Å². The molecule has 33 heavy (non-hydrogen) atoms. The Hall–Kier alpha value is -3.56. The second kappa shape index (κ2) is 8.76. The third kappa shape index (κ3) is 4.79. The molecule has 1 amide bonds. The van der Waals surface area contributed by atoms with E-state index in [0.717, 1.165) is 17.8 Å². The standard InChI is InChI=1S/C21H14F3N5O2S2/c1-10(18(30)26-11-4-5-14-15(7-11)29-20(31)28-14)33-19-12(9-25)13(21(22,23)24)8-16(27-19)17-3-2-6-32-17/h2-8,10H,1H3,(H,26,30)(H2,28,29,31). The van der Waals surface area contributed by atoms with Gasteiger partial charge in [-0.2, -0.15) is 18.4 Å². The van der Waals surface area contributed by atoms with Crippen LogP contribution in [0.15, 0.2) is 51.6 Å². The number of imidazole rings is 1. The maximum absolute atomic E-state index is 13.7. The van der Waals surface area contributed by atoms with Crippen LogP contribution in [0, 0.1) is 11.3 Å². The summed E-state index contributed by atoms with van der Waals surface area (Å²) in [4.78, 5) is 34.0. The van der Waals surface area contributed by atoms with Crippen LogP contribution in [0.4, 0.5) is 18.9 Å². The summed E-state index contributed by atoms with van der Waals surface area (Å²) in [5.41, 5.74) is -0.587. The molecule has 0 saturated carbocycles. The van der Waals surface area contributed by atoms with E-state index in [0.29, 0.717) is 21.6 Å². The second-order valence-corrected chi connectivity index (χ2v) is 9.19. The zero-order chi connectivity index (χ0) is 23.8. The lowest BCUT2D eigenvalue weighted by molar-refractivity contribution is -0.138. The molecular weight excluding hydrogens is 475 g/mol. The van der Waals surface area contributed by atoms with Gasteiger partial charge in [-0.05, 0) is 42.6 Å². The Morgan fingerprint density at radius 1 is 1.24 bits per heavy atom. The van der Waals surface area contributed by atoms with Crippen LogP contribution >= 0.6 is 23.1 Å². The number of hydrogen-bond acceptors (Lipinski definition) is 6. The summed E-state index contributed by atoms with van der Waals surface area (Å²) in [5, 5.41) is 12.8. The zero-order valence-corrected chi connectivity index (χ0v) is 18.4. The minimum absolute atomic E-state index is 0.0771. The number of pyridine rings is 1. The lowest BCUT2D eigenvalue weighted by atomic mass is 10.1. The largest absolute Gasteiger partial charge is 0.417 e. The minimum Gasteiger partial charge on any atom is -0.325 e. The van der Waals surface area contributed by atoms with E-state index >= 15 is 0 Å². The molecular formula is C21H14F3N5O2S2. The minimum atomic E-state index is -4.76. The first-order valence-electron chi connectivity index (χ1n) is 9.41. The highest BCUT2D eigenvalue weighted by atomic mass is 32.2. The number of H-pyrrole nitrogens is 2. The van der Waals surface area contributed by atoms with E-state index in [1.807, 2.05) is 0 Å².